The highest BCUT2D eigenvalue weighted by atomic mass is 32.1. The van der Waals surface area contributed by atoms with E-state index >= 15 is 0 Å². The van der Waals surface area contributed by atoms with Crippen molar-refractivity contribution in [3.8, 4) is 0 Å². The lowest BCUT2D eigenvalue weighted by Gasteiger charge is -2.36. The van der Waals surface area contributed by atoms with Gasteiger partial charge in [0, 0.05) is 25.2 Å². The van der Waals surface area contributed by atoms with Crippen LogP contribution < -0.4 is 5.32 Å². The largest absolute Gasteiger partial charge is 0.335 e. The first kappa shape index (κ1) is 12.6. The smallest absolute Gasteiger partial charge is 0.264 e. The number of nitrogens with zero attached hydrogens (tertiary/aromatic N) is 1. The molecular formula is C13H20N2OS. The van der Waals surface area contributed by atoms with Crippen LogP contribution in [-0.2, 0) is 6.42 Å². The van der Waals surface area contributed by atoms with E-state index in [9.17, 15) is 4.79 Å². The molecule has 2 heterocycles. The fourth-order valence-electron chi connectivity index (χ4n) is 2.44. The summed E-state index contributed by atoms with van der Waals surface area (Å²) in [5.74, 6) is 0.206. The van der Waals surface area contributed by atoms with Gasteiger partial charge in [0.2, 0.25) is 0 Å². The topological polar surface area (TPSA) is 32.3 Å². The molecule has 1 saturated heterocycles. The fraction of sp³-hybridized carbons (Fsp3) is 0.615. The SMILES string of the molecule is CCc1ccsc1C(=O)N1C[C@H](C)N[C@@H](C)C1. The van der Waals surface area contributed by atoms with Gasteiger partial charge in [0.25, 0.3) is 5.91 Å². The Bertz CT molecular complexity index is 392. The number of carbonyl (C=O) groups is 1. The van der Waals surface area contributed by atoms with E-state index < -0.39 is 0 Å². The number of amides is 1. The summed E-state index contributed by atoms with van der Waals surface area (Å²) in [5, 5.41) is 5.46. The van der Waals surface area contributed by atoms with Crippen molar-refractivity contribution in [2.45, 2.75) is 39.3 Å². The van der Waals surface area contributed by atoms with Crippen LogP contribution >= 0.6 is 11.3 Å². The van der Waals surface area contributed by atoms with Gasteiger partial charge in [-0.05, 0) is 37.3 Å². The summed E-state index contributed by atoms with van der Waals surface area (Å²) < 4.78 is 0. The minimum atomic E-state index is 0.206. The lowest BCUT2D eigenvalue weighted by Crippen LogP contribution is -2.55. The Labute approximate surface area is 107 Å². The molecule has 2 rings (SSSR count). The molecule has 0 saturated carbocycles. The van der Waals surface area contributed by atoms with Crippen LogP contribution in [0.4, 0.5) is 0 Å². The third-order valence-electron chi connectivity index (χ3n) is 3.17. The fourth-order valence-corrected chi connectivity index (χ4v) is 3.40. The van der Waals surface area contributed by atoms with Crippen molar-refractivity contribution in [3.05, 3.63) is 21.9 Å². The third-order valence-corrected chi connectivity index (χ3v) is 4.11. The molecule has 2 atom stereocenters. The molecule has 0 aliphatic carbocycles. The van der Waals surface area contributed by atoms with Gasteiger partial charge in [0.05, 0.1) is 4.88 Å². The van der Waals surface area contributed by atoms with E-state index in [0.29, 0.717) is 12.1 Å². The number of aryl methyl sites for hydroxylation is 1. The molecule has 1 aromatic heterocycles. The number of piperazine rings is 1. The molecule has 0 bridgehead atoms. The summed E-state index contributed by atoms with van der Waals surface area (Å²) in [6, 6.07) is 2.83. The van der Waals surface area contributed by atoms with Crippen LogP contribution in [0.5, 0.6) is 0 Å². The van der Waals surface area contributed by atoms with E-state index in [4.69, 9.17) is 0 Å². The normalized spacial score (nSPS) is 25.0. The van der Waals surface area contributed by atoms with Crippen molar-refractivity contribution >= 4 is 17.2 Å². The van der Waals surface area contributed by atoms with E-state index in [-0.39, 0.29) is 5.91 Å². The van der Waals surface area contributed by atoms with Crippen molar-refractivity contribution in [2.75, 3.05) is 13.1 Å². The maximum Gasteiger partial charge on any atom is 0.264 e. The van der Waals surface area contributed by atoms with Crippen LogP contribution in [0.3, 0.4) is 0 Å². The summed E-state index contributed by atoms with van der Waals surface area (Å²) in [6.07, 6.45) is 0.932. The van der Waals surface area contributed by atoms with E-state index in [2.05, 4.69) is 32.2 Å². The van der Waals surface area contributed by atoms with Gasteiger partial charge in [-0.2, -0.15) is 0 Å². The number of thiophene rings is 1. The monoisotopic (exact) mass is 252 g/mol. The van der Waals surface area contributed by atoms with Crippen molar-refractivity contribution in [1.29, 1.82) is 0 Å². The average Bonchev–Trinajstić information content (AvgIpc) is 2.74. The van der Waals surface area contributed by atoms with Gasteiger partial charge in [-0.15, -0.1) is 11.3 Å². The quantitative estimate of drug-likeness (QED) is 0.874. The molecule has 1 amide bonds. The molecule has 0 spiro atoms. The van der Waals surface area contributed by atoms with Crippen LogP contribution in [0.15, 0.2) is 11.4 Å². The standard InChI is InChI=1S/C13H20N2OS/c1-4-11-5-6-17-12(11)13(16)15-7-9(2)14-10(3)8-15/h5-6,9-10,14H,4,7-8H2,1-3H3/t9-,10-/m0/s1. The molecule has 17 heavy (non-hydrogen) atoms. The zero-order valence-electron chi connectivity index (χ0n) is 10.7. The molecule has 1 aliphatic heterocycles. The molecule has 1 aromatic rings. The van der Waals surface area contributed by atoms with Crippen molar-refractivity contribution in [1.82, 2.24) is 10.2 Å². The molecule has 0 radical (unpaired) electrons. The average molecular weight is 252 g/mol. The molecular weight excluding hydrogens is 232 g/mol. The lowest BCUT2D eigenvalue weighted by molar-refractivity contribution is 0.0678. The third kappa shape index (κ3) is 2.69. The second-order valence-corrected chi connectivity index (χ2v) is 5.72. The highest BCUT2D eigenvalue weighted by molar-refractivity contribution is 7.12. The van der Waals surface area contributed by atoms with E-state index in [0.717, 1.165) is 24.4 Å². The van der Waals surface area contributed by atoms with Crippen LogP contribution in [0, 0.1) is 0 Å². The molecule has 1 N–H and O–H groups in total. The second kappa shape index (κ2) is 5.19. The number of nitrogens with one attached hydrogen (secondary N) is 1. The molecule has 4 heteroatoms. The first-order chi connectivity index (χ1) is 8.11. The summed E-state index contributed by atoms with van der Waals surface area (Å²) in [4.78, 5) is 15.3. The predicted octanol–water partition coefficient (Wildman–Crippen LogP) is 2.13. The van der Waals surface area contributed by atoms with Crippen molar-refractivity contribution in [2.24, 2.45) is 0 Å². The van der Waals surface area contributed by atoms with E-state index in [1.807, 2.05) is 10.3 Å². The summed E-state index contributed by atoms with van der Waals surface area (Å²) >= 11 is 1.57. The predicted molar refractivity (Wildman–Crippen MR) is 71.7 cm³/mol. The molecule has 0 aromatic carbocycles. The van der Waals surface area contributed by atoms with Gasteiger partial charge in [-0.1, -0.05) is 6.92 Å². The van der Waals surface area contributed by atoms with Gasteiger partial charge < -0.3 is 10.2 Å². The second-order valence-electron chi connectivity index (χ2n) is 4.81. The van der Waals surface area contributed by atoms with Gasteiger partial charge >= 0.3 is 0 Å². The van der Waals surface area contributed by atoms with Gasteiger partial charge in [-0.25, -0.2) is 0 Å². The molecule has 1 fully saturated rings. The van der Waals surface area contributed by atoms with E-state index in [1.165, 1.54) is 5.56 Å². The van der Waals surface area contributed by atoms with E-state index in [1.54, 1.807) is 11.3 Å². The Morgan fingerprint density at radius 1 is 1.47 bits per heavy atom. The van der Waals surface area contributed by atoms with Crippen molar-refractivity contribution in [3.63, 3.8) is 0 Å². The Balaban J connectivity index is 2.14. The van der Waals surface area contributed by atoms with Crippen LogP contribution in [0.1, 0.15) is 36.0 Å². The van der Waals surface area contributed by atoms with Gasteiger partial charge in [0.15, 0.2) is 0 Å². The Kier molecular flexibility index (Phi) is 3.84. The molecule has 3 nitrogen and oxygen atoms in total. The molecule has 0 unspecified atom stereocenters. The summed E-state index contributed by atoms with van der Waals surface area (Å²) in [5.41, 5.74) is 1.18. The number of carbonyl (C=O) groups excluding carboxylic acids is 1. The summed E-state index contributed by atoms with van der Waals surface area (Å²) in [7, 11) is 0. The summed E-state index contributed by atoms with van der Waals surface area (Å²) in [6.45, 7) is 7.98. The number of hydrogen-bond acceptors (Lipinski definition) is 3. The van der Waals surface area contributed by atoms with Crippen LogP contribution in [-0.4, -0.2) is 36.0 Å². The number of hydrogen-bond donors (Lipinski definition) is 1. The zero-order valence-corrected chi connectivity index (χ0v) is 11.5. The Morgan fingerprint density at radius 3 is 2.71 bits per heavy atom. The zero-order chi connectivity index (χ0) is 12.4. The Hall–Kier alpha value is -0.870. The van der Waals surface area contributed by atoms with Crippen molar-refractivity contribution < 1.29 is 4.79 Å². The Morgan fingerprint density at radius 2 is 2.12 bits per heavy atom. The lowest BCUT2D eigenvalue weighted by atomic mass is 10.1. The van der Waals surface area contributed by atoms with Gasteiger partial charge in [0.1, 0.15) is 0 Å². The molecule has 1 aliphatic rings. The highest BCUT2D eigenvalue weighted by Gasteiger charge is 2.27. The first-order valence-electron chi connectivity index (χ1n) is 6.23. The highest BCUT2D eigenvalue weighted by Crippen LogP contribution is 2.20. The molecule has 94 valence electrons. The van der Waals surface area contributed by atoms with Crippen LogP contribution in [0.2, 0.25) is 0 Å². The maximum atomic E-state index is 12.4. The minimum Gasteiger partial charge on any atom is -0.335 e. The first-order valence-corrected chi connectivity index (χ1v) is 7.11. The van der Waals surface area contributed by atoms with Crippen LogP contribution in [0.25, 0.3) is 0 Å². The maximum absolute atomic E-state index is 12.4. The number of rotatable bonds is 2. The minimum absolute atomic E-state index is 0.206. The van der Waals surface area contributed by atoms with Gasteiger partial charge in [-0.3, -0.25) is 4.79 Å².